The molecular weight excluding hydrogens is 865 g/mol. The first-order valence-corrected chi connectivity index (χ1v) is 28.6. The molecule has 0 aromatic carbocycles. The van der Waals surface area contributed by atoms with Crippen molar-refractivity contribution in [2.45, 2.75) is 252 Å². The summed E-state index contributed by atoms with van der Waals surface area (Å²) in [4.78, 5) is 38.1. The summed E-state index contributed by atoms with van der Waals surface area (Å²) in [5, 5.41) is 0. The molecule has 0 saturated carbocycles. The average Bonchev–Trinajstić information content (AvgIpc) is 3.36. The van der Waals surface area contributed by atoms with Crippen molar-refractivity contribution >= 4 is 17.9 Å². The lowest BCUT2D eigenvalue weighted by atomic mass is 10.1. The molecule has 0 aliphatic rings. The van der Waals surface area contributed by atoms with Gasteiger partial charge in [0.05, 0.1) is 0 Å². The van der Waals surface area contributed by atoms with Gasteiger partial charge in [-0.15, -0.1) is 0 Å². The molecule has 0 N–H and O–H groups in total. The van der Waals surface area contributed by atoms with Crippen LogP contribution in [0.1, 0.15) is 245 Å². The van der Waals surface area contributed by atoms with Gasteiger partial charge in [-0.2, -0.15) is 0 Å². The summed E-state index contributed by atoms with van der Waals surface area (Å²) in [7, 11) is 0. The Morgan fingerprint density at radius 3 is 1.06 bits per heavy atom. The SMILES string of the molecule is CC/C=C\C/C=C\C/C=C\C/C=C\C/C=C\CCC(=O)OCC(COC(=O)CCCCCCC\C=C/C=C\C=C/CCCCCCC)OC(=O)CCCCCCC/C=C\C=C/CCCCCCCCC. The molecule has 1 atom stereocenters. The third-order valence-electron chi connectivity index (χ3n) is 11.8. The van der Waals surface area contributed by atoms with E-state index in [9.17, 15) is 14.4 Å². The van der Waals surface area contributed by atoms with E-state index in [4.69, 9.17) is 14.2 Å². The third kappa shape index (κ3) is 54.7. The van der Waals surface area contributed by atoms with Gasteiger partial charge in [0.15, 0.2) is 6.10 Å². The van der Waals surface area contributed by atoms with Crippen molar-refractivity contribution in [1.82, 2.24) is 0 Å². The van der Waals surface area contributed by atoms with Crippen molar-refractivity contribution in [2.75, 3.05) is 13.2 Å². The highest BCUT2D eigenvalue weighted by Crippen LogP contribution is 2.13. The summed E-state index contributed by atoms with van der Waals surface area (Å²) < 4.78 is 16.8. The van der Waals surface area contributed by atoms with Crippen molar-refractivity contribution < 1.29 is 28.6 Å². The number of rotatable bonds is 50. The Balaban J connectivity index is 4.57. The molecule has 0 aromatic rings. The minimum Gasteiger partial charge on any atom is -0.462 e. The summed E-state index contributed by atoms with van der Waals surface area (Å²) in [5.74, 6) is -1.04. The highest BCUT2D eigenvalue weighted by molar-refractivity contribution is 5.71. The lowest BCUT2D eigenvalue weighted by Gasteiger charge is -2.18. The fourth-order valence-corrected chi connectivity index (χ4v) is 7.48. The van der Waals surface area contributed by atoms with Crippen LogP contribution in [0.2, 0.25) is 0 Å². The van der Waals surface area contributed by atoms with Gasteiger partial charge in [0.2, 0.25) is 0 Å². The van der Waals surface area contributed by atoms with E-state index >= 15 is 0 Å². The quantitative estimate of drug-likeness (QED) is 0.0199. The number of allylic oxidation sites excluding steroid dienone is 20. The number of unbranched alkanes of at least 4 members (excludes halogenated alkanes) is 22. The monoisotopic (exact) mass is 969 g/mol. The largest absolute Gasteiger partial charge is 0.462 e. The van der Waals surface area contributed by atoms with Crippen LogP contribution in [0.25, 0.3) is 0 Å². The van der Waals surface area contributed by atoms with Crippen molar-refractivity contribution in [3.8, 4) is 0 Å². The molecule has 0 heterocycles. The Labute approximate surface area is 431 Å². The normalized spacial score (nSPS) is 13.0. The van der Waals surface area contributed by atoms with Crippen LogP contribution in [-0.2, 0) is 28.6 Å². The molecule has 0 fully saturated rings. The summed E-state index contributed by atoms with van der Waals surface area (Å²) >= 11 is 0. The highest BCUT2D eigenvalue weighted by Gasteiger charge is 2.19. The van der Waals surface area contributed by atoms with E-state index in [2.05, 4.69) is 130 Å². The minimum absolute atomic E-state index is 0.121. The second kappa shape index (κ2) is 57.4. The van der Waals surface area contributed by atoms with Gasteiger partial charge in [0.25, 0.3) is 0 Å². The zero-order valence-electron chi connectivity index (χ0n) is 45.2. The molecular formula is C64H104O6. The molecule has 0 radical (unpaired) electrons. The Bertz CT molecular complexity index is 1490. The maximum absolute atomic E-state index is 12.9. The third-order valence-corrected chi connectivity index (χ3v) is 11.8. The second-order valence-electron chi connectivity index (χ2n) is 18.5. The van der Waals surface area contributed by atoms with Gasteiger partial charge >= 0.3 is 17.9 Å². The number of hydrogen-bond donors (Lipinski definition) is 0. The molecule has 0 rings (SSSR count). The van der Waals surface area contributed by atoms with Crippen LogP contribution in [-0.4, -0.2) is 37.2 Å². The molecule has 0 aliphatic carbocycles. The minimum atomic E-state index is -0.829. The zero-order valence-corrected chi connectivity index (χ0v) is 45.2. The van der Waals surface area contributed by atoms with Crippen molar-refractivity contribution in [3.63, 3.8) is 0 Å². The van der Waals surface area contributed by atoms with E-state index in [0.29, 0.717) is 12.8 Å². The standard InChI is InChI=1S/C64H104O6/c1-4-7-10-13-16-19-22-25-28-31-33-36-39-42-45-48-51-54-57-63(66)69-60-61(59-68-62(65)56-53-50-47-44-41-38-35-30-27-24-21-18-15-12-9-6-3)70-64(67)58-55-52-49-46-43-40-37-34-32-29-26-23-20-17-14-11-8-5-2/h9,12,18,21-22,25,27-34,36-38,41,47,50,61H,4-8,10-11,13-17,19-20,23-24,26,35,39-40,42-46,48-49,51-60H2,1-3H3/b12-9-,21-18-,25-22-,30-27-,31-28-,32-29-,36-33-,37-34-,41-38-,50-47-. The van der Waals surface area contributed by atoms with Crippen LogP contribution in [0.5, 0.6) is 0 Å². The Morgan fingerprint density at radius 2 is 0.643 bits per heavy atom. The molecule has 0 saturated heterocycles. The van der Waals surface area contributed by atoms with Gasteiger partial charge < -0.3 is 14.2 Å². The number of hydrogen-bond acceptors (Lipinski definition) is 6. The van der Waals surface area contributed by atoms with Crippen LogP contribution in [0, 0.1) is 0 Å². The van der Waals surface area contributed by atoms with E-state index in [1.807, 2.05) is 12.2 Å². The molecule has 0 amide bonds. The van der Waals surface area contributed by atoms with E-state index in [1.54, 1.807) is 0 Å². The van der Waals surface area contributed by atoms with Gasteiger partial charge in [0, 0.05) is 19.3 Å². The maximum atomic E-state index is 12.9. The molecule has 0 spiro atoms. The second-order valence-corrected chi connectivity index (χ2v) is 18.5. The van der Waals surface area contributed by atoms with Crippen LogP contribution < -0.4 is 0 Å². The molecule has 1 unspecified atom stereocenters. The summed E-state index contributed by atoms with van der Waals surface area (Å²) in [6.07, 6.45) is 79.1. The van der Waals surface area contributed by atoms with Crippen molar-refractivity contribution in [3.05, 3.63) is 122 Å². The Morgan fingerprint density at radius 1 is 0.314 bits per heavy atom. The van der Waals surface area contributed by atoms with Crippen LogP contribution in [0.4, 0.5) is 0 Å². The van der Waals surface area contributed by atoms with Crippen LogP contribution in [0.15, 0.2) is 122 Å². The van der Waals surface area contributed by atoms with Gasteiger partial charge in [-0.1, -0.05) is 245 Å². The zero-order chi connectivity index (χ0) is 50.7. The fourth-order valence-electron chi connectivity index (χ4n) is 7.48. The Kier molecular flexibility index (Phi) is 54.0. The van der Waals surface area contributed by atoms with Gasteiger partial charge in [-0.25, -0.2) is 0 Å². The molecule has 396 valence electrons. The molecule has 6 nitrogen and oxygen atoms in total. The summed E-state index contributed by atoms with van der Waals surface area (Å²) in [6.45, 7) is 6.41. The van der Waals surface area contributed by atoms with Crippen LogP contribution in [0.3, 0.4) is 0 Å². The first-order chi connectivity index (χ1) is 34.5. The lowest BCUT2D eigenvalue weighted by molar-refractivity contribution is -0.166. The van der Waals surface area contributed by atoms with Gasteiger partial charge in [0.1, 0.15) is 13.2 Å². The topological polar surface area (TPSA) is 78.9 Å². The molecule has 0 bridgehead atoms. The van der Waals surface area contributed by atoms with E-state index in [-0.39, 0.29) is 44.0 Å². The predicted molar refractivity (Wildman–Crippen MR) is 302 cm³/mol. The number of ether oxygens (including phenoxy) is 3. The average molecular weight is 970 g/mol. The van der Waals surface area contributed by atoms with Crippen molar-refractivity contribution in [1.29, 1.82) is 0 Å². The number of carbonyl (C=O) groups excluding carboxylic acids is 3. The molecule has 6 heteroatoms. The van der Waals surface area contributed by atoms with Gasteiger partial charge in [-0.3, -0.25) is 14.4 Å². The van der Waals surface area contributed by atoms with Crippen molar-refractivity contribution in [2.24, 2.45) is 0 Å². The fraction of sp³-hybridized carbons (Fsp3) is 0.641. The van der Waals surface area contributed by atoms with E-state index in [1.165, 1.54) is 83.5 Å². The maximum Gasteiger partial charge on any atom is 0.306 e. The Hall–Kier alpha value is -4.19. The first kappa shape index (κ1) is 65.8. The number of carbonyl (C=O) groups is 3. The van der Waals surface area contributed by atoms with Gasteiger partial charge in [-0.05, 0) is 103 Å². The molecule has 0 aliphatic heterocycles. The molecule has 70 heavy (non-hydrogen) atoms. The smallest absolute Gasteiger partial charge is 0.306 e. The lowest BCUT2D eigenvalue weighted by Crippen LogP contribution is -2.30. The predicted octanol–water partition coefficient (Wildman–Crippen LogP) is 19.3. The summed E-state index contributed by atoms with van der Waals surface area (Å²) in [6, 6.07) is 0. The van der Waals surface area contributed by atoms with Crippen LogP contribution >= 0.6 is 0 Å². The summed E-state index contributed by atoms with van der Waals surface area (Å²) in [5.41, 5.74) is 0. The number of esters is 3. The van der Waals surface area contributed by atoms with E-state index < -0.39 is 6.10 Å². The van der Waals surface area contributed by atoms with E-state index in [0.717, 1.165) is 116 Å². The first-order valence-electron chi connectivity index (χ1n) is 28.6. The molecule has 0 aromatic heterocycles. The highest BCUT2D eigenvalue weighted by atomic mass is 16.6.